The number of aromatic amines is 1. The lowest BCUT2D eigenvalue weighted by Gasteiger charge is -2.21. The third-order valence-corrected chi connectivity index (χ3v) is 5.16. The molecule has 1 aromatic heterocycles. The number of H-pyrrole nitrogens is 1. The summed E-state index contributed by atoms with van der Waals surface area (Å²) >= 11 is 0. The van der Waals surface area contributed by atoms with E-state index in [0.29, 0.717) is 16.9 Å². The fourth-order valence-electron chi connectivity index (χ4n) is 3.45. The predicted molar refractivity (Wildman–Crippen MR) is 112 cm³/mol. The van der Waals surface area contributed by atoms with Crippen molar-refractivity contribution in [1.82, 2.24) is 15.3 Å². The van der Waals surface area contributed by atoms with E-state index >= 15 is 0 Å². The molecule has 0 spiro atoms. The normalized spacial score (nSPS) is 13.2. The monoisotopic (exact) mass is 394 g/mol. The number of imidazole rings is 1. The van der Waals surface area contributed by atoms with Crippen LogP contribution in [-0.4, -0.2) is 20.8 Å². The van der Waals surface area contributed by atoms with Gasteiger partial charge in [-0.2, -0.15) is 0 Å². The first-order chi connectivity index (χ1) is 14.0. The summed E-state index contributed by atoms with van der Waals surface area (Å²) in [4.78, 5) is 31.3. The van der Waals surface area contributed by atoms with E-state index in [9.17, 15) is 14.9 Å². The molecule has 2 N–H and O–H groups in total. The minimum absolute atomic E-state index is 0.00115. The quantitative estimate of drug-likeness (QED) is 0.398. The fraction of sp³-hybridized carbons (Fsp3) is 0.364. The van der Waals surface area contributed by atoms with Crippen LogP contribution in [0.5, 0.6) is 0 Å². The highest BCUT2D eigenvalue weighted by atomic mass is 16.6. The lowest BCUT2D eigenvalue weighted by Crippen LogP contribution is -2.35. The van der Waals surface area contributed by atoms with Gasteiger partial charge in [0.15, 0.2) is 0 Å². The maximum atomic E-state index is 13.0. The summed E-state index contributed by atoms with van der Waals surface area (Å²) in [5, 5.41) is 14.2. The van der Waals surface area contributed by atoms with Gasteiger partial charge in [-0.25, -0.2) is 4.98 Å². The molecule has 3 aromatic rings. The Hall–Kier alpha value is -3.22. The van der Waals surface area contributed by atoms with Crippen LogP contribution in [0.3, 0.4) is 0 Å². The van der Waals surface area contributed by atoms with E-state index in [4.69, 9.17) is 0 Å². The first-order valence-electron chi connectivity index (χ1n) is 10.0. The number of carbonyl (C=O) groups excluding carboxylic acids is 1. The van der Waals surface area contributed by atoms with Crippen molar-refractivity contribution in [3.8, 4) is 0 Å². The number of nitrogens with one attached hydrogen (secondary N) is 2. The number of carbonyl (C=O) groups is 1. The van der Waals surface area contributed by atoms with Crippen molar-refractivity contribution in [2.75, 3.05) is 0 Å². The number of nitro benzene ring substituents is 1. The van der Waals surface area contributed by atoms with Gasteiger partial charge in [0, 0.05) is 18.1 Å². The predicted octanol–water partition coefficient (Wildman–Crippen LogP) is 4.89. The van der Waals surface area contributed by atoms with Crippen LogP contribution in [0.4, 0.5) is 5.69 Å². The smallest absolute Gasteiger partial charge is 0.271 e. The highest BCUT2D eigenvalue weighted by Crippen LogP contribution is 2.26. The van der Waals surface area contributed by atoms with Gasteiger partial charge in [-0.3, -0.25) is 14.9 Å². The summed E-state index contributed by atoms with van der Waals surface area (Å²) in [7, 11) is 0. The Bertz CT molecular complexity index is 984. The molecule has 0 radical (unpaired) electrons. The number of amides is 1. The molecule has 0 aliphatic rings. The molecule has 0 bridgehead atoms. The number of aromatic nitrogens is 2. The van der Waals surface area contributed by atoms with Gasteiger partial charge in [-0.15, -0.1) is 0 Å². The number of hydrogen-bond acceptors (Lipinski definition) is 4. The van der Waals surface area contributed by atoms with E-state index in [1.165, 1.54) is 12.1 Å². The van der Waals surface area contributed by atoms with E-state index < -0.39 is 11.0 Å². The average molecular weight is 394 g/mol. The van der Waals surface area contributed by atoms with Crippen LogP contribution in [0.1, 0.15) is 57.0 Å². The molecule has 7 nitrogen and oxygen atoms in total. The SMILES string of the molecule is CCCCC(CC)C(=O)NC(c1ccccc1)c1nc2ccc([N+](=O)[O-])cc2[nH]1. The van der Waals surface area contributed by atoms with E-state index in [2.05, 4.69) is 22.2 Å². The largest absolute Gasteiger partial charge is 0.342 e. The Morgan fingerprint density at radius 3 is 2.62 bits per heavy atom. The Balaban J connectivity index is 1.95. The molecule has 3 rings (SSSR count). The molecular weight excluding hydrogens is 368 g/mol. The van der Waals surface area contributed by atoms with Gasteiger partial charge >= 0.3 is 0 Å². The first-order valence-corrected chi connectivity index (χ1v) is 10.0. The number of nitro groups is 1. The van der Waals surface area contributed by atoms with Crippen molar-refractivity contribution in [3.63, 3.8) is 0 Å². The standard InChI is InChI=1S/C22H26N4O3/c1-3-5-9-15(4-2)22(27)25-20(16-10-7-6-8-11-16)21-23-18-13-12-17(26(28)29)14-19(18)24-21/h6-8,10-15,20H,3-5,9H2,1-2H3,(H,23,24)(H,25,27). The van der Waals surface area contributed by atoms with Gasteiger partial charge in [0.05, 0.1) is 16.0 Å². The fourth-order valence-corrected chi connectivity index (χ4v) is 3.45. The topological polar surface area (TPSA) is 101 Å². The minimum Gasteiger partial charge on any atom is -0.342 e. The molecule has 0 aliphatic carbocycles. The van der Waals surface area contributed by atoms with Gasteiger partial charge in [0.2, 0.25) is 5.91 Å². The molecule has 2 aromatic carbocycles. The average Bonchev–Trinajstić information content (AvgIpc) is 3.16. The Morgan fingerprint density at radius 2 is 1.97 bits per heavy atom. The van der Waals surface area contributed by atoms with Crippen molar-refractivity contribution >= 4 is 22.6 Å². The second kappa shape index (κ2) is 9.32. The highest BCUT2D eigenvalue weighted by Gasteiger charge is 2.24. The van der Waals surface area contributed by atoms with Crippen LogP contribution in [0.2, 0.25) is 0 Å². The van der Waals surface area contributed by atoms with Crippen LogP contribution in [0.15, 0.2) is 48.5 Å². The van der Waals surface area contributed by atoms with Crippen LogP contribution < -0.4 is 5.32 Å². The van der Waals surface area contributed by atoms with Crippen LogP contribution in [-0.2, 0) is 4.79 Å². The highest BCUT2D eigenvalue weighted by molar-refractivity contribution is 5.80. The van der Waals surface area contributed by atoms with E-state index in [-0.39, 0.29) is 17.5 Å². The summed E-state index contributed by atoms with van der Waals surface area (Å²) in [6, 6.07) is 13.7. The van der Waals surface area contributed by atoms with Crippen molar-refractivity contribution in [1.29, 1.82) is 0 Å². The van der Waals surface area contributed by atoms with Crippen molar-refractivity contribution in [2.24, 2.45) is 5.92 Å². The van der Waals surface area contributed by atoms with Gasteiger partial charge < -0.3 is 10.3 Å². The molecule has 1 heterocycles. The number of nitrogens with zero attached hydrogens (tertiary/aromatic N) is 2. The van der Waals surface area contributed by atoms with Crippen molar-refractivity contribution < 1.29 is 9.72 Å². The molecule has 0 saturated carbocycles. The van der Waals surface area contributed by atoms with Crippen LogP contribution >= 0.6 is 0 Å². The zero-order valence-electron chi connectivity index (χ0n) is 16.7. The molecule has 0 saturated heterocycles. The Labute approximate surface area is 169 Å². The number of benzene rings is 2. The number of fused-ring (bicyclic) bond motifs is 1. The van der Waals surface area contributed by atoms with Crippen LogP contribution in [0.25, 0.3) is 11.0 Å². The van der Waals surface area contributed by atoms with Gasteiger partial charge in [-0.1, -0.05) is 57.0 Å². The summed E-state index contributed by atoms with van der Waals surface area (Å²) in [6.45, 7) is 4.14. The molecule has 2 unspecified atom stereocenters. The first kappa shape index (κ1) is 20.5. The zero-order chi connectivity index (χ0) is 20.8. The third kappa shape index (κ3) is 4.80. The second-order valence-corrected chi connectivity index (χ2v) is 7.18. The van der Waals surface area contributed by atoms with E-state index in [1.807, 2.05) is 37.3 Å². The number of rotatable bonds is 9. The maximum absolute atomic E-state index is 13.0. The summed E-state index contributed by atoms with van der Waals surface area (Å²) in [5.74, 6) is 0.512. The molecule has 0 fully saturated rings. The van der Waals surface area contributed by atoms with Crippen LogP contribution in [0, 0.1) is 16.0 Å². The van der Waals surface area contributed by atoms with Gasteiger partial charge in [0.1, 0.15) is 11.9 Å². The lowest BCUT2D eigenvalue weighted by molar-refractivity contribution is -0.384. The molecular formula is C22H26N4O3. The zero-order valence-corrected chi connectivity index (χ0v) is 16.7. The molecule has 1 amide bonds. The van der Waals surface area contributed by atoms with E-state index in [0.717, 1.165) is 31.2 Å². The number of unbranched alkanes of at least 4 members (excludes halogenated alkanes) is 1. The molecule has 152 valence electrons. The van der Waals surface area contributed by atoms with Crippen molar-refractivity contribution in [2.45, 2.75) is 45.6 Å². The number of non-ortho nitro benzene ring substituents is 1. The summed E-state index contributed by atoms with van der Waals surface area (Å²) in [5.41, 5.74) is 2.10. The summed E-state index contributed by atoms with van der Waals surface area (Å²) < 4.78 is 0. The maximum Gasteiger partial charge on any atom is 0.271 e. The Morgan fingerprint density at radius 1 is 1.21 bits per heavy atom. The number of hydrogen-bond donors (Lipinski definition) is 2. The Kier molecular flexibility index (Phi) is 6.59. The molecule has 0 aliphatic heterocycles. The van der Waals surface area contributed by atoms with Gasteiger partial charge in [0.25, 0.3) is 5.69 Å². The molecule has 2 atom stereocenters. The molecule has 7 heteroatoms. The van der Waals surface area contributed by atoms with Gasteiger partial charge in [-0.05, 0) is 24.5 Å². The lowest BCUT2D eigenvalue weighted by atomic mass is 9.97. The summed E-state index contributed by atoms with van der Waals surface area (Å²) in [6.07, 6.45) is 3.69. The third-order valence-electron chi connectivity index (χ3n) is 5.16. The molecule has 29 heavy (non-hydrogen) atoms. The van der Waals surface area contributed by atoms with E-state index in [1.54, 1.807) is 6.07 Å². The van der Waals surface area contributed by atoms with Crippen molar-refractivity contribution in [3.05, 3.63) is 70.0 Å². The second-order valence-electron chi connectivity index (χ2n) is 7.18. The minimum atomic E-state index is -0.453.